The highest BCUT2D eigenvalue weighted by Gasteiger charge is 2.50. The van der Waals surface area contributed by atoms with Crippen molar-refractivity contribution in [1.29, 1.82) is 5.26 Å². The maximum Gasteiger partial charge on any atom is 0.296 e. The molecule has 0 bridgehead atoms. The number of halogens is 1. The summed E-state index contributed by atoms with van der Waals surface area (Å²) >= 11 is 6.27. The lowest BCUT2D eigenvalue weighted by atomic mass is 9.77. The Labute approximate surface area is 138 Å². The van der Waals surface area contributed by atoms with Crippen LogP contribution in [0.15, 0.2) is 54.9 Å². The normalized spacial score (nSPS) is 23.9. The SMILES string of the molecule is N#C[C@@H]1C(=O)NC(=O)[C@H]([n+]2ccccc2)[C@@H]1c1ccccc1Cl. The molecule has 0 spiro atoms. The summed E-state index contributed by atoms with van der Waals surface area (Å²) in [6.07, 6.45) is 3.47. The Morgan fingerprint density at radius 3 is 2.39 bits per heavy atom. The number of amides is 2. The molecular weight excluding hydrogens is 314 g/mol. The van der Waals surface area contributed by atoms with Crippen molar-refractivity contribution in [3.63, 3.8) is 0 Å². The van der Waals surface area contributed by atoms with Gasteiger partial charge >= 0.3 is 0 Å². The molecule has 23 heavy (non-hydrogen) atoms. The molecule has 0 unspecified atom stereocenters. The van der Waals surface area contributed by atoms with Crippen molar-refractivity contribution >= 4 is 23.4 Å². The molecule has 6 heteroatoms. The third-order valence-corrected chi connectivity index (χ3v) is 4.30. The maximum atomic E-state index is 12.5. The zero-order chi connectivity index (χ0) is 16.4. The van der Waals surface area contributed by atoms with E-state index < -0.39 is 29.7 Å². The third-order valence-electron chi connectivity index (χ3n) is 3.96. The molecule has 114 valence electrons. The predicted octanol–water partition coefficient (Wildman–Crippen LogP) is 1.75. The van der Waals surface area contributed by atoms with Gasteiger partial charge in [0.15, 0.2) is 12.4 Å². The van der Waals surface area contributed by atoms with Crippen LogP contribution in [0.4, 0.5) is 0 Å². The topological polar surface area (TPSA) is 73.8 Å². The summed E-state index contributed by atoms with van der Waals surface area (Å²) in [5.41, 5.74) is 0.616. The molecule has 2 amide bonds. The van der Waals surface area contributed by atoms with Crippen molar-refractivity contribution in [3.05, 3.63) is 65.4 Å². The molecule has 1 aliphatic rings. The molecule has 3 rings (SSSR count). The Morgan fingerprint density at radius 1 is 1.04 bits per heavy atom. The minimum absolute atomic E-state index is 0.432. The Morgan fingerprint density at radius 2 is 1.74 bits per heavy atom. The van der Waals surface area contributed by atoms with Gasteiger partial charge in [-0.05, 0) is 11.6 Å². The molecule has 3 atom stereocenters. The van der Waals surface area contributed by atoms with E-state index in [0.29, 0.717) is 10.6 Å². The van der Waals surface area contributed by atoms with Crippen LogP contribution < -0.4 is 9.88 Å². The van der Waals surface area contributed by atoms with Crippen LogP contribution in [0.5, 0.6) is 0 Å². The van der Waals surface area contributed by atoms with E-state index >= 15 is 0 Å². The number of nitriles is 1. The first-order valence-corrected chi connectivity index (χ1v) is 7.46. The zero-order valence-corrected chi connectivity index (χ0v) is 12.8. The number of rotatable bonds is 2. The molecule has 5 nitrogen and oxygen atoms in total. The molecule has 0 radical (unpaired) electrons. The molecule has 1 aromatic carbocycles. The Kier molecular flexibility index (Phi) is 4.09. The minimum atomic E-state index is -0.995. The van der Waals surface area contributed by atoms with Crippen LogP contribution in [-0.4, -0.2) is 11.8 Å². The number of benzene rings is 1. The third kappa shape index (κ3) is 2.69. The number of nitrogens with zero attached hydrogens (tertiary/aromatic N) is 2. The second-order valence-corrected chi connectivity index (χ2v) is 5.68. The molecule has 1 saturated heterocycles. The van der Waals surface area contributed by atoms with Crippen LogP contribution in [0.25, 0.3) is 0 Å². The van der Waals surface area contributed by atoms with E-state index in [-0.39, 0.29) is 0 Å². The molecule has 1 aliphatic heterocycles. The standard InChI is InChI=1S/C17H12ClN3O2/c18-13-7-3-2-6-11(13)14-12(10-19)16(22)20-17(23)15(14)21-8-4-1-5-9-21/h1-9,12,14-15H/p+1/t12-,14+,15+/m0/s1. The zero-order valence-electron chi connectivity index (χ0n) is 12.0. The number of nitrogens with one attached hydrogen (secondary N) is 1. The number of piperidine rings is 1. The second kappa shape index (κ2) is 6.19. The van der Waals surface area contributed by atoms with Crippen molar-refractivity contribution in [1.82, 2.24) is 5.32 Å². The van der Waals surface area contributed by atoms with Gasteiger partial charge in [0.05, 0.1) is 12.0 Å². The van der Waals surface area contributed by atoms with Gasteiger partial charge in [0.1, 0.15) is 5.92 Å². The van der Waals surface area contributed by atoms with E-state index in [1.165, 1.54) is 0 Å². The first kappa shape index (κ1) is 15.2. The fourth-order valence-corrected chi connectivity index (χ4v) is 3.20. The summed E-state index contributed by atoms with van der Waals surface area (Å²) in [5, 5.41) is 12.2. The summed E-state index contributed by atoms with van der Waals surface area (Å²) < 4.78 is 1.69. The highest BCUT2D eigenvalue weighted by Crippen LogP contribution is 2.39. The van der Waals surface area contributed by atoms with Crippen LogP contribution in [0.2, 0.25) is 5.02 Å². The highest BCUT2D eigenvalue weighted by molar-refractivity contribution is 6.31. The van der Waals surface area contributed by atoms with Gasteiger partial charge in [-0.3, -0.25) is 14.9 Å². The smallest absolute Gasteiger partial charge is 0.289 e. The number of imide groups is 1. The van der Waals surface area contributed by atoms with Gasteiger partial charge in [0, 0.05) is 17.2 Å². The van der Waals surface area contributed by atoms with Gasteiger partial charge in [-0.1, -0.05) is 35.9 Å². The number of carbonyl (C=O) groups excluding carboxylic acids is 2. The van der Waals surface area contributed by atoms with Crippen LogP contribution in [-0.2, 0) is 9.59 Å². The lowest BCUT2D eigenvalue weighted by Crippen LogP contribution is -2.59. The fraction of sp³-hybridized carbons (Fsp3) is 0.176. The first-order valence-electron chi connectivity index (χ1n) is 7.08. The van der Waals surface area contributed by atoms with Gasteiger partial charge in [0.2, 0.25) is 11.9 Å². The average Bonchev–Trinajstić information content (AvgIpc) is 2.55. The van der Waals surface area contributed by atoms with E-state index in [4.69, 9.17) is 11.6 Å². The van der Waals surface area contributed by atoms with Crippen LogP contribution >= 0.6 is 11.6 Å². The van der Waals surface area contributed by atoms with Crippen LogP contribution in [0.3, 0.4) is 0 Å². The molecular formula is C17H13ClN3O2+. The Balaban J connectivity index is 2.18. The van der Waals surface area contributed by atoms with Gasteiger partial charge in [-0.2, -0.15) is 9.83 Å². The molecule has 2 aromatic rings. The average molecular weight is 327 g/mol. The summed E-state index contributed by atoms with van der Waals surface area (Å²) in [4.78, 5) is 24.6. The van der Waals surface area contributed by atoms with E-state index in [9.17, 15) is 14.9 Å². The first-order chi connectivity index (χ1) is 11.1. The van der Waals surface area contributed by atoms with Crippen LogP contribution in [0.1, 0.15) is 17.5 Å². The number of pyridine rings is 1. The van der Waals surface area contributed by atoms with E-state index in [1.54, 1.807) is 53.4 Å². The van der Waals surface area contributed by atoms with Gasteiger partial charge < -0.3 is 0 Å². The molecule has 1 fully saturated rings. The van der Waals surface area contributed by atoms with Crippen molar-refractivity contribution in [2.45, 2.75) is 12.0 Å². The Bertz CT molecular complexity index is 801. The van der Waals surface area contributed by atoms with Crippen molar-refractivity contribution in [2.75, 3.05) is 0 Å². The summed E-state index contributed by atoms with van der Waals surface area (Å²) in [5.74, 6) is -2.68. The summed E-state index contributed by atoms with van der Waals surface area (Å²) in [6, 6.07) is 13.7. The summed E-state index contributed by atoms with van der Waals surface area (Å²) in [7, 11) is 0. The highest BCUT2D eigenvalue weighted by atomic mass is 35.5. The monoisotopic (exact) mass is 326 g/mol. The lowest BCUT2D eigenvalue weighted by Gasteiger charge is -2.30. The number of hydrogen-bond donors (Lipinski definition) is 1. The fourth-order valence-electron chi connectivity index (χ4n) is 2.93. The number of carbonyl (C=O) groups is 2. The maximum absolute atomic E-state index is 12.5. The predicted molar refractivity (Wildman–Crippen MR) is 82.1 cm³/mol. The minimum Gasteiger partial charge on any atom is -0.289 e. The summed E-state index contributed by atoms with van der Waals surface area (Å²) in [6.45, 7) is 0. The lowest BCUT2D eigenvalue weighted by molar-refractivity contribution is -0.713. The molecule has 1 N–H and O–H groups in total. The molecule has 0 aliphatic carbocycles. The quantitative estimate of drug-likeness (QED) is 0.675. The molecule has 0 saturated carbocycles. The Hall–Kier alpha value is -2.71. The van der Waals surface area contributed by atoms with Gasteiger partial charge in [-0.25, -0.2) is 0 Å². The van der Waals surface area contributed by atoms with Crippen molar-refractivity contribution in [2.24, 2.45) is 5.92 Å². The van der Waals surface area contributed by atoms with Crippen molar-refractivity contribution in [3.8, 4) is 6.07 Å². The van der Waals surface area contributed by atoms with E-state index in [2.05, 4.69) is 5.32 Å². The second-order valence-electron chi connectivity index (χ2n) is 5.28. The van der Waals surface area contributed by atoms with Crippen LogP contribution in [0, 0.1) is 17.2 Å². The van der Waals surface area contributed by atoms with E-state index in [1.807, 2.05) is 12.1 Å². The van der Waals surface area contributed by atoms with Crippen molar-refractivity contribution < 1.29 is 14.2 Å². The van der Waals surface area contributed by atoms with Gasteiger partial charge in [0.25, 0.3) is 5.91 Å². The van der Waals surface area contributed by atoms with E-state index in [0.717, 1.165) is 0 Å². The largest absolute Gasteiger partial charge is 0.296 e. The molecule has 1 aromatic heterocycles. The number of aromatic nitrogens is 1. The van der Waals surface area contributed by atoms with Gasteiger partial charge in [-0.15, -0.1) is 0 Å². The molecule has 2 heterocycles. The number of hydrogen-bond acceptors (Lipinski definition) is 3.